The second kappa shape index (κ2) is 7.37. The monoisotopic (exact) mass is 185 g/mol. The van der Waals surface area contributed by atoms with Gasteiger partial charge in [0.15, 0.2) is 0 Å². The van der Waals surface area contributed by atoms with Crippen LogP contribution in [0.5, 0.6) is 0 Å². The molecule has 0 spiro atoms. The fourth-order valence-electron chi connectivity index (χ4n) is 1.47. The summed E-state index contributed by atoms with van der Waals surface area (Å²) in [4.78, 5) is 0. The summed E-state index contributed by atoms with van der Waals surface area (Å²) in [6.45, 7) is 12.7. The molecule has 3 atom stereocenters. The highest BCUT2D eigenvalue weighted by Crippen LogP contribution is 2.15. The quantitative estimate of drug-likeness (QED) is 0.640. The van der Waals surface area contributed by atoms with Crippen molar-refractivity contribution in [3.8, 4) is 0 Å². The van der Waals surface area contributed by atoms with E-state index < -0.39 is 0 Å². The summed E-state index contributed by atoms with van der Waals surface area (Å²) in [7, 11) is 0. The van der Waals surface area contributed by atoms with Crippen LogP contribution in [0.3, 0.4) is 0 Å². The van der Waals surface area contributed by atoms with Gasteiger partial charge in [-0.05, 0) is 31.7 Å². The van der Waals surface area contributed by atoms with E-state index in [1.165, 1.54) is 25.8 Å². The second-order valence-electron chi connectivity index (χ2n) is 4.46. The summed E-state index contributed by atoms with van der Waals surface area (Å²) >= 11 is 0. The molecule has 0 rings (SSSR count). The predicted molar refractivity (Wildman–Crippen MR) is 61.0 cm³/mol. The Bertz CT molecular complexity index is 112. The fourth-order valence-corrected chi connectivity index (χ4v) is 1.47. The molecule has 0 aliphatic rings. The van der Waals surface area contributed by atoms with Crippen molar-refractivity contribution in [3.05, 3.63) is 0 Å². The van der Waals surface area contributed by atoms with Crippen LogP contribution in [0.15, 0.2) is 0 Å². The Kier molecular flexibility index (Phi) is 7.35. The van der Waals surface area contributed by atoms with Crippen molar-refractivity contribution in [3.63, 3.8) is 0 Å². The SMILES string of the molecule is CCCC(C)C(C)CNC(C)CC. The maximum absolute atomic E-state index is 3.57. The van der Waals surface area contributed by atoms with Crippen LogP contribution in [-0.4, -0.2) is 12.6 Å². The molecule has 0 aromatic heterocycles. The summed E-state index contributed by atoms with van der Waals surface area (Å²) in [5.74, 6) is 1.68. The molecule has 0 saturated heterocycles. The van der Waals surface area contributed by atoms with Crippen LogP contribution in [0, 0.1) is 11.8 Å². The molecule has 0 aromatic carbocycles. The van der Waals surface area contributed by atoms with Gasteiger partial charge in [0.05, 0.1) is 0 Å². The van der Waals surface area contributed by atoms with Crippen LogP contribution in [0.1, 0.15) is 53.9 Å². The summed E-state index contributed by atoms with van der Waals surface area (Å²) in [6.07, 6.45) is 3.91. The van der Waals surface area contributed by atoms with E-state index in [1.807, 2.05) is 0 Å². The molecule has 3 unspecified atom stereocenters. The van der Waals surface area contributed by atoms with Crippen molar-refractivity contribution in [2.45, 2.75) is 59.9 Å². The van der Waals surface area contributed by atoms with E-state index in [0.29, 0.717) is 6.04 Å². The Balaban J connectivity index is 3.54. The molecule has 0 heterocycles. The predicted octanol–water partition coefficient (Wildman–Crippen LogP) is 3.45. The smallest absolute Gasteiger partial charge is 0.00362 e. The minimum atomic E-state index is 0.677. The Morgan fingerprint density at radius 3 is 2.08 bits per heavy atom. The van der Waals surface area contributed by atoms with Gasteiger partial charge in [-0.2, -0.15) is 0 Å². The van der Waals surface area contributed by atoms with Crippen LogP contribution in [-0.2, 0) is 0 Å². The van der Waals surface area contributed by atoms with E-state index in [2.05, 4.69) is 39.9 Å². The summed E-state index contributed by atoms with van der Waals surface area (Å²) in [5, 5.41) is 3.57. The van der Waals surface area contributed by atoms with E-state index in [9.17, 15) is 0 Å². The lowest BCUT2D eigenvalue weighted by Gasteiger charge is -2.21. The second-order valence-corrected chi connectivity index (χ2v) is 4.46. The topological polar surface area (TPSA) is 12.0 Å². The highest BCUT2D eigenvalue weighted by molar-refractivity contribution is 4.66. The van der Waals surface area contributed by atoms with E-state index >= 15 is 0 Å². The average Bonchev–Trinajstić information content (AvgIpc) is 2.13. The van der Waals surface area contributed by atoms with Crippen LogP contribution in [0.2, 0.25) is 0 Å². The molecule has 13 heavy (non-hydrogen) atoms. The Labute approximate surface area is 84.3 Å². The van der Waals surface area contributed by atoms with Crippen LogP contribution in [0.25, 0.3) is 0 Å². The minimum absolute atomic E-state index is 0.677. The first kappa shape index (κ1) is 13.0. The zero-order valence-electron chi connectivity index (χ0n) is 10.1. The molecule has 0 bridgehead atoms. The zero-order valence-corrected chi connectivity index (χ0v) is 10.1. The number of rotatable bonds is 7. The lowest BCUT2D eigenvalue weighted by Crippen LogP contribution is -2.31. The van der Waals surface area contributed by atoms with Gasteiger partial charge in [0.2, 0.25) is 0 Å². The molecule has 0 aliphatic carbocycles. The molecule has 0 aromatic rings. The highest BCUT2D eigenvalue weighted by atomic mass is 14.9. The van der Waals surface area contributed by atoms with Gasteiger partial charge in [0.25, 0.3) is 0 Å². The average molecular weight is 185 g/mol. The highest BCUT2D eigenvalue weighted by Gasteiger charge is 2.11. The first-order chi connectivity index (χ1) is 6.11. The van der Waals surface area contributed by atoms with Gasteiger partial charge in [0.1, 0.15) is 0 Å². The fraction of sp³-hybridized carbons (Fsp3) is 1.00. The lowest BCUT2D eigenvalue weighted by atomic mass is 9.91. The third-order valence-electron chi connectivity index (χ3n) is 3.12. The molecular weight excluding hydrogens is 158 g/mol. The van der Waals surface area contributed by atoms with Gasteiger partial charge in [-0.25, -0.2) is 0 Å². The maximum atomic E-state index is 3.57. The molecule has 80 valence electrons. The normalized spacial score (nSPS) is 18.2. The van der Waals surface area contributed by atoms with Crippen molar-refractivity contribution in [2.75, 3.05) is 6.54 Å². The van der Waals surface area contributed by atoms with Crippen molar-refractivity contribution in [1.82, 2.24) is 5.32 Å². The third-order valence-corrected chi connectivity index (χ3v) is 3.12. The first-order valence-corrected chi connectivity index (χ1v) is 5.85. The molecule has 1 heteroatoms. The van der Waals surface area contributed by atoms with Crippen molar-refractivity contribution < 1.29 is 0 Å². The summed E-state index contributed by atoms with van der Waals surface area (Å²) in [5.41, 5.74) is 0. The molecule has 0 saturated carbocycles. The van der Waals surface area contributed by atoms with Crippen LogP contribution >= 0.6 is 0 Å². The van der Waals surface area contributed by atoms with Gasteiger partial charge in [0, 0.05) is 6.04 Å². The van der Waals surface area contributed by atoms with Crippen LogP contribution < -0.4 is 5.32 Å². The van der Waals surface area contributed by atoms with Crippen molar-refractivity contribution in [2.24, 2.45) is 11.8 Å². The molecule has 0 aliphatic heterocycles. The Morgan fingerprint density at radius 1 is 1.00 bits per heavy atom. The largest absolute Gasteiger partial charge is 0.314 e. The van der Waals surface area contributed by atoms with E-state index in [0.717, 1.165) is 11.8 Å². The number of hydrogen-bond acceptors (Lipinski definition) is 1. The van der Waals surface area contributed by atoms with E-state index in [-0.39, 0.29) is 0 Å². The molecule has 1 N–H and O–H groups in total. The minimum Gasteiger partial charge on any atom is -0.314 e. The van der Waals surface area contributed by atoms with Gasteiger partial charge < -0.3 is 5.32 Å². The molecular formula is C12H27N. The Morgan fingerprint density at radius 2 is 1.62 bits per heavy atom. The number of hydrogen-bond donors (Lipinski definition) is 1. The summed E-state index contributed by atoms with van der Waals surface area (Å²) < 4.78 is 0. The molecule has 0 fully saturated rings. The first-order valence-electron chi connectivity index (χ1n) is 5.85. The summed E-state index contributed by atoms with van der Waals surface area (Å²) in [6, 6.07) is 0.677. The van der Waals surface area contributed by atoms with E-state index in [4.69, 9.17) is 0 Å². The van der Waals surface area contributed by atoms with Crippen molar-refractivity contribution in [1.29, 1.82) is 0 Å². The third kappa shape index (κ3) is 6.09. The molecule has 0 radical (unpaired) electrons. The lowest BCUT2D eigenvalue weighted by molar-refractivity contribution is 0.331. The van der Waals surface area contributed by atoms with Gasteiger partial charge in [-0.15, -0.1) is 0 Å². The van der Waals surface area contributed by atoms with Crippen LogP contribution in [0.4, 0.5) is 0 Å². The Hall–Kier alpha value is -0.0400. The van der Waals surface area contributed by atoms with Crippen molar-refractivity contribution >= 4 is 0 Å². The van der Waals surface area contributed by atoms with Gasteiger partial charge in [-0.1, -0.05) is 40.5 Å². The molecule has 1 nitrogen and oxygen atoms in total. The van der Waals surface area contributed by atoms with Gasteiger partial charge in [-0.3, -0.25) is 0 Å². The molecule has 0 amide bonds. The standard InChI is InChI=1S/C12H27N/c1-6-8-10(3)11(4)9-13-12(5)7-2/h10-13H,6-9H2,1-5H3. The van der Waals surface area contributed by atoms with E-state index in [1.54, 1.807) is 0 Å². The maximum Gasteiger partial charge on any atom is 0.00362 e. The number of nitrogens with one attached hydrogen (secondary N) is 1. The zero-order chi connectivity index (χ0) is 10.3. The van der Waals surface area contributed by atoms with Gasteiger partial charge >= 0.3 is 0 Å².